The first-order valence-electron chi connectivity index (χ1n) is 6.55. The minimum absolute atomic E-state index is 0.217. The molecule has 1 atom stereocenters. The van der Waals surface area contributed by atoms with Gasteiger partial charge in [0, 0.05) is 18.7 Å². The topological polar surface area (TPSA) is 72.8 Å². The number of benzene rings is 1. The Morgan fingerprint density at radius 1 is 1.42 bits per heavy atom. The first kappa shape index (κ1) is 13.7. The quantitative estimate of drug-likeness (QED) is 0.717. The molecule has 0 spiro atoms. The molecular weight excluding hydrogens is 244 g/mol. The van der Waals surface area contributed by atoms with Gasteiger partial charge in [0.15, 0.2) is 11.5 Å². The van der Waals surface area contributed by atoms with Crippen molar-refractivity contribution < 1.29 is 15.0 Å². The van der Waals surface area contributed by atoms with E-state index in [1.807, 2.05) is 0 Å². The Bertz CT molecular complexity index is 462. The number of likely N-dealkylation sites (tertiary alicyclic amines) is 1. The lowest BCUT2D eigenvalue weighted by molar-refractivity contribution is 0.0936. The van der Waals surface area contributed by atoms with Crippen LogP contribution in [0.4, 0.5) is 0 Å². The monoisotopic (exact) mass is 264 g/mol. The normalized spacial score (nSPS) is 20.2. The molecule has 1 heterocycles. The number of amides is 1. The van der Waals surface area contributed by atoms with E-state index in [1.54, 1.807) is 0 Å². The summed E-state index contributed by atoms with van der Waals surface area (Å²) >= 11 is 0. The van der Waals surface area contributed by atoms with E-state index < -0.39 is 0 Å². The van der Waals surface area contributed by atoms with Gasteiger partial charge >= 0.3 is 0 Å². The Labute approximate surface area is 112 Å². The molecule has 1 aromatic rings. The van der Waals surface area contributed by atoms with Gasteiger partial charge in [-0.25, -0.2) is 0 Å². The standard InChI is InChI=1S/C14H20N2O3/c1-16-6-2-3-10(9-16)8-15-14(19)11-4-5-12(17)13(18)7-11/h4-5,7,10,17-18H,2-3,6,8-9H2,1H3,(H,15,19). The van der Waals surface area contributed by atoms with E-state index >= 15 is 0 Å². The van der Waals surface area contributed by atoms with Crippen LogP contribution >= 0.6 is 0 Å². The largest absolute Gasteiger partial charge is 0.504 e. The van der Waals surface area contributed by atoms with E-state index in [9.17, 15) is 15.0 Å². The predicted molar refractivity (Wildman–Crippen MR) is 72.3 cm³/mol. The van der Waals surface area contributed by atoms with Gasteiger partial charge in [-0.2, -0.15) is 0 Å². The molecule has 0 aliphatic carbocycles. The first-order chi connectivity index (χ1) is 9.06. The lowest BCUT2D eigenvalue weighted by atomic mass is 9.98. The molecule has 0 radical (unpaired) electrons. The summed E-state index contributed by atoms with van der Waals surface area (Å²) in [5.41, 5.74) is 0.361. The molecule has 1 amide bonds. The molecule has 1 fully saturated rings. The van der Waals surface area contributed by atoms with Gasteiger partial charge in [0.25, 0.3) is 5.91 Å². The SMILES string of the molecule is CN1CCCC(CNC(=O)c2ccc(O)c(O)c2)C1. The summed E-state index contributed by atoms with van der Waals surface area (Å²) in [6.07, 6.45) is 2.29. The van der Waals surface area contributed by atoms with Crippen LogP contribution in [0.25, 0.3) is 0 Å². The number of hydrogen-bond acceptors (Lipinski definition) is 4. The maximum Gasteiger partial charge on any atom is 0.251 e. The molecule has 1 saturated heterocycles. The van der Waals surface area contributed by atoms with Crippen LogP contribution in [0.3, 0.4) is 0 Å². The lowest BCUT2D eigenvalue weighted by Crippen LogP contribution is -2.39. The predicted octanol–water partition coefficient (Wildman–Crippen LogP) is 1.17. The van der Waals surface area contributed by atoms with Crippen molar-refractivity contribution in [3.8, 4) is 11.5 Å². The fourth-order valence-corrected chi connectivity index (χ4v) is 2.44. The van der Waals surface area contributed by atoms with Gasteiger partial charge in [0.1, 0.15) is 0 Å². The summed E-state index contributed by atoms with van der Waals surface area (Å²) in [4.78, 5) is 14.2. The third-order valence-corrected chi connectivity index (χ3v) is 3.51. The Kier molecular flexibility index (Phi) is 4.27. The van der Waals surface area contributed by atoms with E-state index in [2.05, 4.69) is 17.3 Å². The van der Waals surface area contributed by atoms with E-state index in [0.717, 1.165) is 25.9 Å². The zero-order valence-electron chi connectivity index (χ0n) is 11.1. The van der Waals surface area contributed by atoms with Gasteiger partial charge in [-0.05, 0) is 50.6 Å². The van der Waals surface area contributed by atoms with E-state index in [-0.39, 0.29) is 17.4 Å². The zero-order valence-corrected chi connectivity index (χ0v) is 11.1. The number of aromatic hydroxyl groups is 2. The number of phenolic OH excluding ortho intramolecular Hbond substituents is 2. The Hall–Kier alpha value is -1.75. The van der Waals surface area contributed by atoms with Gasteiger partial charge in [-0.3, -0.25) is 4.79 Å². The van der Waals surface area contributed by atoms with Gasteiger partial charge < -0.3 is 20.4 Å². The van der Waals surface area contributed by atoms with Crippen LogP contribution in [0.15, 0.2) is 18.2 Å². The van der Waals surface area contributed by atoms with Crippen LogP contribution in [-0.4, -0.2) is 47.7 Å². The van der Waals surface area contributed by atoms with Crippen molar-refractivity contribution >= 4 is 5.91 Å². The van der Waals surface area contributed by atoms with Crippen LogP contribution in [0.5, 0.6) is 11.5 Å². The van der Waals surface area contributed by atoms with Gasteiger partial charge in [0.05, 0.1) is 0 Å². The molecular formula is C14H20N2O3. The third-order valence-electron chi connectivity index (χ3n) is 3.51. The number of carbonyl (C=O) groups excluding carboxylic acids is 1. The van der Waals surface area contributed by atoms with Crippen molar-refractivity contribution in [2.45, 2.75) is 12.8 Å². The molecule has 3 N–H and O–H groups in total. The molecule has 19 heavy (non-hydrogen) atoms. The molecule has 0 bridgehead atoms. The lowest BCUT2D eigenvalue weighted by Gasteiger charge is -2.29. The summed E-state index contributed by atoms with van der Waals surface area (Å²) in [7, 11) is 2.09. The highest BCUT2D eigenvalue weighted by atomic mass is 16.3. The maximum absolute atomic E-state index is 11.9. The summed E-state index contributed by atoms with van der Waals surface area (Å²) in [6, 6.07) is 4.09. The zero-order chi connectivity index (χ0) is 13.8. The van der Waals surface area contributed by atoms with Crippen LogP contribution in [-0.2, 0) is 0 Å². The summed E-state index contributed by atoms with van der Waals surface area (Å²) in [5.74, 6) is -0.229. The van der Waals surface area contributed by atoms with Crippen molar-refractivity contribution in [2.24, 2.45) is 5.92 Å². The van der Waals surface area contributed by atoms with Crippen LogP contribution in [0, 0.1) is 5.92 Å². The number of hydrogen-bond donors (Lipinski definition) is 3. The van der Waals surface area contributed by atoms with Gasteiger partial charge in [-0.15, -0.1) is 0 Å². The van der Waals surface area contributed by atoms with Crippen LogP contribution < -0.4 is 5.32 Å². The number of nitrogens with one attached hydrogen (secondary N) is 1. The van der Waals surface area contributed by atoms with Crippen LogP contribution in [0.1, 0.15) is 23.2 Å². The molecule has 1 aliphatic rings. The average Bonchev–Trinajstić information content (AvgIpc) is 2.39. The number of nitrogens with zero attached hydrogens (tertiary/aromatic N) is 1. The maximum atomic E-state index is 11.9. The molecule has 0 saturated carbocycles. The summed E-state index contributed by atoms with van der Waals surface area (Å²) in [6.45, 7) is 2.77. The first-order valence-corrected chi connectivity index (χ1v) is 6.55. The van der Waals surface area contributed by atoms with E-state index in [4.69, 9.17) is 0 Å². The highest BCUT2D eigenvalue weighted by molar-refractivity contribution is 5.94. The smallest absolute Gasteiger partial charge is 0.251 e. The second-order valence-electron chi connectivity index (χ2n) is 5.18. The summed E-state index contributed by atoms with van der Waals surface area (Å²) < 4.78 is 0. The van der Waals surface area contributed by atoms with Crippen LogP contribution in [0.2, 0.25) is 0 Å². The molecule has 1 aliphatic heterocycles. The van der Waals surface area contributed by atoms with Crippen molar-refractivity contribution in [3.05, 3.63) is 23.8 Å². The molecule has 5 heteroatoms. The molecule has 1 unspecified atom stereocenters. The Balaban J connectivity index is 1.88. The van der Waals surface area contributed by atoms with Crippen molar-refractivity contribution in [3.63, 3.8) is 0 Å². The molecule has 0 aromatic heterocycles. The third kappa shape index (κ3) is 3.61. The summed E-state index contributed by atoms with van der Waals surface area (Å²) in [5, 5.41) is 21.4. The second kappa shape index (κ2) is 5.93. The fraction of sp³-hybridized carbons (Fsp3) is 0.500. The average molecular weight is 264 g/mol. The number of phenols is 2. The minimum Gasteiger partial charge on any atom is -0.504 e. The van der Waals surface area contributed by atoms with Crippen molar-refractivity contribution in [1.82, 2.24) is 10.2 Å². The molecule has 2 rings (SSSR count). The van der Waals surface area contributed by atoms with Crippen molar-refractivity contribution in [2.75, 3.05) is 26.7 Å². The Morgan fingerprint density at radius 3 is 2.89 bits per heavy atom. The molecule has 5 nitrogen and oxygen atoms in total. The molecule has 104 valence electrons. The van der Waals surface area contributed by atoms with Gasteiger partial charge in [-0.1, -0.05) is 0 Å². The minimum atomic E-state index is -0.273. The second-order valence-corrected chi connectivity index (χ2v) is 5.18. The molecule has 1 aromatic carbocycles. The Morgan fingerprint density at radius 2 is 2.21 bits per heavy atom. The number of piperidine rings is 1. The van der Waals surface area contributed by atoms with E-state index in [0.29, 0.717) is 18.0 Å². The highest BCUT2D eigenvalue weighted by Gasteiger charge is 2.18. The number of rotatable bonds is 3. The van der Waals surface area contributed by atoms with Crippen molar-refractivity contribution in [1.29, 1.82) is 0 Å². The van der Waals surface area contributed by atoms with Gasteiger partial charge in [0.2, 0.25) is 0 Å². The number of carbonyl (C=O) groups is 1. The van der Waals surface area contributed by atoms with E-state index in [1.165, 1.54) is 18.2 Å². The highest BCUT2D eigenvalue weighted by Crippen LogP contribution is 2.24. The fourth-order valence-electron chi connectivity index (χ4n) is 2.44.